The van der Waals surface area contributed by atoms with Crippen LogP contribution in [0.25, 0.3) is 0 Å². The van der Waals surface area contributed by atoms with E-state index in [0.717, 1.165) is 13.0 Å². The van der Waals surface area contributed by atoms with Gasteiger partial charge >= 0.3 is 0 Å². The summed E-state index contributed by atoms with van der Waals surface area (Å²) in [6, 6.07) is 0. The summed E-state index contributed by atoms with van der Waals surface area (Å²) in [5, 5.41) is 12.4. The number of aliphatic hydroxyl groups is 1. The van der Waals surface area contributed by atoms with Gasteiger partial charge in [-0.05, 0) is 33.2 Å². The van der Waals surface area contributed by atoms with Gasteiger partial charge in [0.1, 0.15) is 0 Å². The van der Waals surface area contributed by atoms with E-state index >= 15 is 0 Å². The van der Waals surface area contributed by atoms with Crippen LogP contribution in [0, 0.1) is 5.92 Å². The molecule has 17 heavy (non-hydrogen) atoms. The van der Waals surface area contributed by atoms with E-state index < -0.39 is 0 Å². The van der Waals surface area contributed by atoms with E-state index in [1.54, 1.807) is 0 Å². The fraction of sp³-hybridized carbons (Fsp3) is 1.00. The van der Waals surface area contributed by atoms with Crippen molar-refractivity contribution in [2.24, 2.45) is 5.92 Å². The second-order valence-electron chi connectivity index (χ2n) is 5.32. The minimum Gasteiger partial charge on any atom is -0.394 e. The van der Waals surface area contributed by atoms with Crippen molar-refractivity contribution in [3.05, 3.63) is 0 Å². The average Bonchev–Trinajstić information content (AvgIpc) is 2.28. The first-order chi connectivity index (χ1) is 7.93. The number of aliphatic hydroxyl groups excluding tert-OH is 1. The summed E-state index contributed by atoms with van der Waals surface area (Å²) in [6.07, 6.45) is 0.895. The van der Waals surface area contributed by atoms with Gasteiger partial charge < -0.3 is 19.9 Å². The van der Waals surface area contributed by atoms with Crippen LogP contribution in [-0.4, -0.2) is 50.2 Å². The minimum atomic E-state index is -0.266. The normalized spacial score (nSPS) is 17.1. The third kappa shape index (κ3) is 8.55. The molecule has 0 aromatic heterocycles. The lowest BCUT2D eigenvalue weighted by molar-refractivity contribution is -0.0103. The Kier molecular flexibility index (Phi) is 8.78. The van der Waals surface area contributed by atoms with E-state index in [4.69, 9.17) is 9.47 Å². The summed E-state index contributed by atoms with van der Waals surface area (Å²) >= 11 is 0. The summed E-state index contributed by atoms with van der Waals surface area (Å²) < 4.78 is 11.1. The van der Waals surface area contributed by atoms with Crippen molar-refractivity contribution in [2.45, 2.75) is 45.8 Å². The van der Waals surface area contributed by atoms with Crippen molar-refractivity contribution in [3.63, 3.8) is 0 Å². The zero-order chi connectivity index (χ0) is 13.3. The van der Waals surface area contributed by atoms with E-state index in [1.165, 1.54) is 0 Å². The summed E-state index contributed by atoms with van der Waals surface area (Å²) in [4.78, 5) is 0. The smallest absolute Gasteiger partial charge is 0.0704 e. The summed E-state index contributed by atoms with van der Waals surface area (Å²) in [6.45, 7) is 10.4. The molecule has 0 aromatic carbocycles. The molecule has 0 bridgehead atoms. The molecule has 0 amide bonds. The van der Waals surface area contributed by atoms with Crippen LogP contribution in [0.3, 0.4) is 0 Å². The largest absolute Gasteiger partial charge is 0.394 e. The van der Waals surface area contributed by atoms with E-state index in [1.807, 2.05) is 20.9 Å². The van der Waals surface area contributed by atoms with Crippen molar-refractivity contribution in [3.8, 4) is 0 Å². The molecule has 0 radical (unpaired) electrons. The Balaban J connectivity index is 3.62. The minimum absolute atomic E-state index is 0.112. The number of ether oxygens (including phenoxy) is 2. The Bertz CT molecular complexity index is 182. The van der Waals surface area contributed by atoms with E-state index in [0.29, 0.717) is 19.1 Å². The Morgan fingerprint density at radius 2 is 1.88 bits per heavy atom. The Morgan fingerprint density at radius 3 is 2.35 bits per heavy atom. The molecule has 0 aliphatic rings. The molecule has 0 saturated heterocycles. The van der Waals surface area contributed by atoms with Gasteiger partial charge in [0, 0.05) is 12.1 Å². The highest BCUT2D eigenvalue weighted by Gasteiger charge is 2.23. The Hall–Kier alpha value is -0.160. The topological polar surface area (TPSA) is 50.7 Å². The van der Waals surface area contributed by atoms with Gasteiger partial charge in [0.15, 0.2) is 0 Å². The lowest BCUT2D eigenvalue weighted by Crippen LogP contribution is -2.46. The van der Waals surface area contributed by atoms with Crippen molar-refractivity contribution < 1.29 is 14.6 Å². The van der Waals surface area contributed by atoms with Crippen LogP contribution in [0.2, 0.25) is 0 Å². The van der Waals surface area contributed by atoms with Crippen LogP contribution in [-0.2, 0) is 9.47 Å². The molecule has 0 aliphatic carbocycles. The number of likely N-dealkylation sites (N-methyl/N-ethyl adjacent to an activating group) is 1. The van der Waals surface area contributed by atoms with E-state index in [2.05, 4.69) is 19.2 Å². The molecule has 0 rings (SSSR count). The van der Waals surface area contributed by atoms with Crippen LogP contribution in [0.15, 0.2) is 0 Å². The quantitative estimate of drug-likeness (QED) is 0.573. The molecule has 0 saturated carbocycles. The number of rotatable bonds is 10. The molecule has 4 heteroatoms. The maximum absolute atomic E-state index is 9.26. The maximum Gasteiger partial charge on any atom is 0.0704 e. The predicted molar refractivity (Wildman–Crippen MR) is 70.2 cm³/mol. The van der Waals surface area contributed by atoms with Gasteiger partial charge in [-0.1, -0.05) is 13.8 Å². The SMILES string of the molecule is CNC(C)(CO)CC(C)OCCOCC(C)C. The van der Waals surface area contributed by atoms with Crippen molar-refractivity contribution in [1.29, 1.82) is 0 Å². The summed E-state index contributed by atoms with van der Waals surface area (Å²) in [7, 11) is 1.86. The van der Waals surface area contributed by atoms with Gasteiger partial charge in [0.25, 0.3) is 0 Å². The molecule has 0 fully saturated rings. The molecule has 2 atom stereocenters. The maximum atomic E-state index is 9.26. The molecule has 0 spiro atoms. The van der Waals surface area contributed by atoms with Crippen LogP contribution in [0.4, 0.5) is 0 Å². The van der Waals surface area contributed by atoms with Crippen molar-refractivity contribution in [2.75, 3.05) is 33.5 Å². The lowest BCUT2D eigenvalue weighted by Gasteiger charge is -2.29. The number of hydrogen-bond donors (Lipinski definition) is 2. The van der Waals surface area contributed by atoms with Gasteiger partial charge in [0.05, 0.1) is 25.9 Å². The lowest BCUT2D eigenvalue weighted by atomic mass is 9.96. The second-order valence-corrected chi connectivity index (χ2v) is 5.32. The summed E-state index contributed by atoms with van der Waals surface area (Å²) in [5.74, 6) is 0.564. The van der Waals surface area contributed by atoms with Gasteiger partial charge in [0.2, 0.25) is 0 Å². The van der Waals surface area contributed by atoms with E-state index in [9.17, 15) is 5.11 Å². The summed E-state index contributed by atoms with van der Waals surface area (Å²) in [5.41, 5.74) is -0.266. The van der Waals surface area contributed by atoms with Crippen molar-refractivity contribution in [1.82, 2.24) is 5.32 Å². The molecule has 2 unspecified atom stereocenters. The molecular formula is C13H29NO3. The van der Waals surface area contributed by atoms with Crippen LogP contribution >= 0.6 is 0 Å². The fourth-order valence-electron chi connectivity index (χ4n) is 1.57. The van der Waals surface area contributed by atoms with Gasteiger partial charge in [-0.15, -0.1) is 0 Å². The number of nitrogens with one attached hydrogen (secondary N) is 1. The third-order valence-electron chi connectivity index (χ3n) is 2.77. The van der Waals surface area contributed by atoms with Crippen LogP contribution < -0.4 is 5.32 Å². The monoisotopic (exact) mass is 247 g/mol. The van der Waals surface area contributed by atoms with Gasteiger partial charge in [-0.3, -0.25) is 0 Å². The van der Waals surface area contributed by atoms with Gasteiger partial charge in [-0.2, -0.15) is 0 Å². The highest BCUT2D eigenvalue weighted by Crippen LogP contribution is 2.13. The molecule has 0 heterocycles. The standard InChI is InChI=1S/C13H29NO3/c1-11(2)9-16-6-7-17-12(3)8-13(4,10-15)14-5/h11-12,14-15H,6-10H2,1-5H3. The zero-order valence-corrected chi connectivity index (χ0v) is 12.0. The molecular weight excluding hydrogens is 218 g/mol. The highest BCUT2D eigenvalue weighted by atomic mass is 16.5. The third-order valence-corrected chi connectivity index (χ3v) is 2.77. The Morgan fingerprint density at radius 1 is 1.24 bits per heavy atom. The molecule has 0 aromatic rings. The fourth-order valence-corrected chi connectivity index (χ4v) is 1.57. The first-order valence-corrected chi connectivity index (χ1v) is 6.42. The van der Waals surface area contributed by atoms with Gasteiger partial charge in [-0.25, -0.2) is 0 Å². The second kappa shape index (κ2) is 8.86. The highest BCUT2D eigenvalue weighted by molar-refractivity contribution is 4.82. The van der Waals surface area contributed by atoms with Crippen LogP contribution in [0.1, 0.15) is 34.1 Å². The number of hydrogen-bond acceptors (Lipinski definition) is 4. The molecule has 2 N–H and O–H groups in total. The first-order valence-electron chi connectivity index (χ1n) is 6.42. The Labute approximate surface area is 106 Å². The first kappa shape index (κ1) is 16.8. The zero-order valence-electron chi connectivity index (χ0n) is 12.0. The molecule has 104 valence electrons. The van der Waals surface area contributed by atoms with Crippen molar-refractivity contribution >= 4 is 0 Å². The molecule has 0 aliphatic heterocycles. The van der Waals surface area contributed by atoms with E-state index in [-0.39, 0.29) is 18.2 Å². The predicted octanol–water partition coefficient (Wildman–Crippen LogP) is 1.42. The molecule has 4 nitrogen and oxygen atoms in total. The van der Waals surface area contributed by atoms with Crippen LogP contribution in [0.5, 0.6) is 0 Å². The average molecular weight is 247 g/mol.